The van der Waals surface area contributed by atoms with Gasteiger partial charge in [0.2, 0.25) is 10.0 Å². The van der Waals surface area contributed by atoms with E-state index in [0.717, 1.165) is 6.42 Å². The summed E-state index contributed by atoms with van der Waals surface area (Å²) in [5, 5.41) is 0.164. The predicted octanol–water partition coefficient (Wildman–Crippen LogP) is 2.73. The van der Waals surface area contributed by atoms with Crippen LogP contribution in [0.1, 0.15) is 27.2 Å². The summed E-state index contributed by atoms with van der Waals surface area (Å²) in [5.41, 5.74) is 5.94. The Morgan fingerprint density at radius 3 is 2.44 bits per heavy atom. The third kappa shape index (κ3) is 2.96. The van der Waals surface area contributed by atoms with Crippen molar-refractivity contribution in [1.82, 2.24) is 4.31 Å². The van der Waals surface area contributed by atoms with Gasteiger partial charge < -0.3 is 5.73 Å². The molecule has 102 valence electrons. The molecule has 18 heavy (non-hydrogen) atoms. The van der Waals surface area contributed by atoms with Gasteiger partial charge in [-0.3, -0.25) is 0 Å². The fourth-order valence-corrected chi connectivity index (χ4v) is 4.16. The van der Waals surface area contributed by atoms with Crippen molar-refractivity contribution in [2.45, 2.75) is 38.1 Å². The van der Waals surface area contributed by atoms with Crippen LogP contribution in [0, 0.1) is 0 Å². The third-order valence-corrected chi connectivity index (χ3v) is 5.20. The Kier molecular flexibility index (Phi) is 5.01. The number of anilines is 1. The Hall–Kier alpha value is -0.780. The molecule has 0 unspecified atom stereocenters. The first-order chi connectivity index (χ1) is 8.32. The molecule has 0 aliphatic rings. The molecule has 0 fully saturated rings. The average molecular weight is 291 g/mol. The van der Waals surface area contributed by atoms with Crippen molar-refractivity contribution in [2.75, 3.05) is 12.3 Å². The molecule has 0 heterocycles. The smallest absolute Gasteiger partial charge is 0.246 e. The van der Waals surface area contributed by atoms with Crippen molar-refractivity contribution >= 4 is 27.3 Å². The highest BCUT2D eigenvalue weighted by Crippen LogP contribution is 2.30. The lowest BCUT2D eigenvalue weighted by Gasteiger charge is -2.26. The molecule has 1 aromatic rings. The van der Waals surface area contributed by atoms with E-state index in [4.69, 9.17) is 17.3 Å². The molecule has 1 aromatic carbocycles. The van der Waals surface area contributed by atoms with Gasteiger partial charge >= 0.3 is 0 Å². The molecule has 0 spiro atoms. The van der Waals surface area contributed by atoms with Crippen LogP contribution in [0.2, 0.25) is 5.02 Å². The van der Waals surface area contributed by atoms with Crippen molar-refractivity contribution in [1.29, 1.82) is 0 Å². The number of nitrogen functional groups attached to an aromatic ring is 1. The van der Waals surface area contributed by atoms with Crippen LogP contribution < -0.4 is 5.73 Å². The molecule has 6 heteroatoms. The van der Waals surface area contributed by atoms with Crippen LogP contribution in [0.5, 0.6) is 0 Å². The van der Waals surface area contributed by atoms with Gasteiger partial charge in [0, 0.05) is 12.6 Å². The van der Waals surface area contributed by atoms with E-state index < -0.39 is 10.0 Å². The molecule has 2 N–H and O–H groups in total. The highest BCUT2D eigenvalue weighted by Gasteiger charge is 2.30. The lowest BCUT2D eigenvalue weighted by Crippen LogP contribution is -2.37. The summed E-state index contributed by atoms with van der Waals surface area (Å²) in [5.74, 6) is 0. The van der Waals surface area contributed by atoms with E-state index in [-0.39, 0.29) is 21.6 Å². The number of hydrogen-bond acceptors (Lipinski definition) is 3. The molecule has 0 radical (unpaired) electrons. The molecule has 0 aliphatic heterocycles. The summed E-state index contributed by atoms with van der Waals surface area (Å²) in [6, 6.07) is 4.58. The predicted molar refractivity (Wildman–Crippen MR) is 75.2 cm³/mol. The lowest BCUT2D eigenvalue weighted by molar-refractivity contribution is 0.354. The van der Waals surface area contributed by atoms with Crippen LogP contribution in [-0.2, 0) is 10.0 Å². The number of rotatable bonds is 5. The first-order valence-corrected chi connectivity index (χ1v) is 7.70. The topological polar surface area (TPSA) is 63.4 Å². The lowest BCUT2D eigenvalue weighted by atomic mass is 10.3. The Balaban J connectivity index is 3.36. The van der Waals surface area contributed by atoms with Gasteiger partial charge in [-0.05, 0) is 32.4 Å². The van der Waals surface area contributed by atoms with E-state index >= 15 is 0 Å². The first kappa shape index (κ1) is 15.3. The largest absolute Gasteiger partial charge is 0.398 e. The fourth-order valence-electron chi connectivity index (χ4n) is 1.79. The summed E-state index contributed by atoms with van der Waals surface area (Å²) < 4.78 is 26.6. The summed E-state index contributed by atoms with van der Waals surface area (Å²) in [7, 11) is -3.65. The summed E-state index contributed by atoms with van der Waals surface area (Å²) >= 11 is 5.98. The highest BCUT2D eigenvalue weighted by atomic mass is 35.5. The molecule has 0 aliphatic carbocycles. The Morgan fingerprint density at radius 1 is 1.39 bits per heavy atom. The second-order valence-corrected chi connectivity index (χ2v) is 6.60. The minimum Gasteiger partial charge on any atom is -0.398 e. The van der Waals surface area contributed by atoms with Gasteiger partial charge in [-0.2, -0.15) is 4.31 Å². The van der Waals surface area contributed by atoms with Gasteiger partial charge in [-0.15, -0.1) is 0 Å². The van der Waals surface area contributed by atoms with Gasteiger partial charge in [-0.1, -0.05) is 24.6 Å². The van der Waals surface area contributed by atoms with Crippen LogP contribution in [0.25, 0.3) is 0 Å². The normalized spacial score (nSPS) is 12.3. The van der Waals surface area contributed by atoms with E-state index in [9.17, 15) is 8.42 Å². The Labute approximate surface area is 114 Å². The number of hydrogen-bond donors (Lipinski definition) is 1. The molecular weight excluding hydrogens is 272 g/mol. The number of nitrogens with zero attached hydrogens (tertiary/aromatic N) is 1. The Bertz CT molecular complexity index is 495. The van der Waals surface area contributed by atoms with Crippen LogP contribution in [0.15, 0.2) is 23.1 Å². The molecule has 0 aromatic heterocycles. The van der Waals surface area contributed by atoms with E-state index in [1.807, 2.05) is 20.8 Å². The third-order valence-electron chi connectivity index (χ3n) is 2.58. The first-order valence-electron chi connectivity index (χ1n) is 5.88. The zero-order valence-corrected chi connectivity index (χ0v) is 12.4. The molecule has 4 nitrogen and oxygen atoms in total. The zero-order valence-electron chi connectivity index (χ0n) is 10.9. The molecule has 0 amide bonds. The van der Waals surface area contributed by atoms with Gasteiger partial charge in [0.1, 0.15) is 4.90 Å². The molecule has 0 atom stereocenters. The minimum absolute atomic E-state index is 0.00816. The molecule has 0 bridgehead atoms. The summed E-state index contributed by atoms with van der Waals surface area (Å²) in [6.07, 6.45) is 0.738. The van der Waals surface area contributed by atoms with Gasteiger partial charge in [0.15, 0.2) is 0 Å². The van der Waals surface area contributed by atoms with Crippen molar-refractivity contribution < 1.29 is 8.42 Å². The van der Waals surface area contributed by atoms with E-state index in [1.54, 1.807) is 12.1 Å². The van der Waals surface area contributed by atoms with Gasteiger partial charge in [0.05, 0.1) is 10.7 Å². The van der Waals surface area contributed by atoms with Crippen LogP contribution in [-0.4, -0.2) is 25.3 Å². The number of halogens is 1. The quantitative estimate of drug-likeness (QED) is 0.848. The number of benzene rings is 1. The molecule has 0 saturated heterocycles. The maximum Gasteiger partial charge on any atom is 0.246 e. The van der Waals surface area contributed by atoms with Crippen LogP contribution >= 0.6 is 11.6 Å². The van der Waals surface area contributed by atoms with Crippen LogP contribution in [0.3, 0.4) is 0 Å². The second-order valence-electron chi connectivity index (χ2n) is 4.37. The molecular formula is C12H19ClN2O2S. The molecule has 0 saturated carbocycles. The van der Waals surface area contributed by atoms with E-state index in [1.165, 1.54) is 10.4 Å². The van der Waals surface area contributed by atoms with E-state index in [2.05, 4.69) is 0 Å². The monoisotopic (exact) mass is 290 g/mol. The van der Waals surface area contributed by atoms with Crippen LogP contribution in [0.4, 0.5) is 5.69 Å². The van der Waals surface area contributed by atoms with Crippen molar-refractivity contribution in [3.8, 4) is 0 Å². The average Bonchev–Trinajstić information content (AvgIpc) is 2.24. The van der Waals surface area contributed by atoms with Gasteiger partial charge in [0.25, 0.3) is 0 Å². The fraction of sp³-hybridized carbons (Fsp3) is 0.500. The molecule has 1 rings (SSSR count). The van der Waals surface area contributed by atoms with E-state index in [0.29, 0.717) is 6.54 Å². The summed E-state index contributed by atoms with van der Waals surface area (Å²) in [6.45, 7) is 6.05. The minimum atomic E-state index is -3.65. The summed E-state index contributed by atoms with van der Waals surface area (Å²) in [4.78, 5) is 0.00816. The maximum atomic E-state index is 12.6. The van der Waals surface area contributed by atoms with Gasteiger partial charge in [-0.25, -0.2) is 8.42 Å². The van der Waals surface area contributed by atoms with Crippen molar-refractivity contribution in [3.63, 3.8) is 0 Å². The second kappa shape index (κ2) is 5.91. The number of nitrogens with two attached hydrogens (primary N) is 1. The highest BCUT2D eigenvalue weighted by molar-refractivity contribution is 7.89. The SMILES string of the molecule is CCCN(C(C)C)S(=O)(=O)c1c(N)cccc1Cl. The zero-order chi connectivity index (χ0) is 13.9. The van der Waals surface area contributed by atoms with Crippen molar-refractivity contribution in [2.24, 2.45) is 0 Å². The standard InChI is InChI=1S/C12H19ClN2O2S/c1-4-8-15(9(2)3)18(16,17)12-10(13)6-5-7-11(12)14/h5-7,9H,4,8,14H2,1-3H3. The maximum absolute atomic E-state index is 12.6. The number of sulfonamides is 1. The Morgan fingerprint density at radius 2 is 2.00 bits per heavy atom. The van der Waals surface area contributed by atoms with Crippen molar-refractivity contribution in [3.05, 3.63) is 23.2 Å².